The first-order valence-electron chi connectivity index (χ1n) is 9.02. The molecule has 0 radical (unpaired) electrons. The van der Waals surface area contributed by atoms with Gasteiger partial charge >= 0.3 is 7.80 Å². The molecule has 0 aliphatic rings. The molecule has 26 heavy (non-hydrogen) atoms. The number of benzene rings is 3. The zero-order chi connectivity index (χ0) is 19.0. The zero-order valence-electron chi connectivity index (χ0n) is 16.5. The van der Waals surface area contributed by atoms with Crippen LogP contribution in [0.1, 0.15) is 33.4 Å². The normalized spacial score (nSPS) is 11.5. The lowest BCUT2D eigenvalue weighted by Gasteiger charge is -2.13. The van der Waals surface area contributed by atoms with Gasteiger partial charge in [-0.3, -0.25) is 0 Å². The van der Waals surface area contributed by atoms with E-state index in [1.807, 2.05) is 6.07 Å². The molecule has 132 valence electrons. The third kappa shape index (κ3) is 3.24. The van der Waals surface area contributed by atoms with Crippen molar-refractivity contribution in [1.29, 1.82) is 0 Å². The van der Waals surface area contributed by atoms with E-state index in [-0.39, 0.29) is 0 Å². The maximum absolute atomic E-state index is 13.7. The van der Waals surface area contributed by atoms with E-state index in [4.69, 9.17) is 0 Å². The number of aryl methyl sites for hydroxylation is 5. The van der Waals surface area contributed by atoms with Gasteiger partial charge in [-0.05, 0) is 58.2 Å². The molecule has 1 unspecified atom stereocenters. The van der Waals surface area contributed by atoms with Gasteiger partial charge in [0.2, 0.25) is 10.6 Å². The summed E-state index contributed by atoms with van der Waals surface area (Å²) in [4.78, 5) is 0. The predicted molar refractivity (Wildman–Crippen MR) is 114 cm³/mol. The Balaban J connectivity index is 2.25. The van der Waals surface area contributed by atoms with Gasteiger partial charge in [0.1, 0.15) is 0 Å². The quantitative estimate of drug-likeness (QED) is 0.524. The highest BCUT2D eigenvalue weighted by Gasteiger charge is 2.33. The minimum atomic E-state index is -1.64. The summed E-state index contributed by atoms with van der Waals surface area (Å²) in [6.07, 6.45) is 0. The molecule has 0 bridgehead atoms. The van der Waals surface area contributed by atoms with Crippen LogP contribution in [0, 0.1) is 41.5 Å². The van der Waals surface area contributed by atoms with Gasteiger partial charge in [-0.15, -0.1) is 0 Å². The molecular weight excluding hydrogens is 335 g/mol. The van der Waals surface area contributed by atoms with Crippen LogP contribution in [0.25, 0.3) is 11.1 Å². The van der Waals surface area contributed by atoms with Gasteiger partial charge in [0, 0.05) is 22.3 Å². The lowest BCUT2D eigenvalue weighted by molar-refractivity contribution is 0.598. The Bertz CT molecular complexity index is 977. The monoisotopic (exact) mass is 361 g/mol. The summed E-state index contributed by atoms with van der Waals surface area (Å²) >= 11 is 0. The standard InChI is InChI=1S/C24H26OP/c1-15-12-17(3)23(18(4)13-15)26(25)24-19(5)14-16(2)22(20(24)6)21-10-8-7-9-11-21/h7-14H,1-6H3/q+1. The Kier molecular flexibility index (Phi) is 5.12. The summed E-state index contributed by atoms with van der Waals surface area (Å²) in [6.45, 7) is 12.6. The maximum Gasteiger partial charge on any atom is 0.416 e. The highest BCUT2D eigenvalue weighted by atomic mass is 31.1. The molecule has 1 atom stereocenters. The molecule has 3 rings (SSSR count). The summed E-state index contributed by atoms with van der Waals surface area (Å²) in [5.41, 5.74) is 9.31. The Labute approximate surface area is 157 Å². The molecule has 3 aromatic carbocycles. The van der Waals surface area contributed by atoms with Crippen LogP contribution in [0.4, 0.5) is 0 Å². The molecule has 0 heterocycles. The highest BCUT2D eigenvalue weighted by Crippen LogP contribution is 2.34. The van der Waals surface area contributed by atoms with Crippen molar-refractivity contribution in [2.45, 2.75) is 41.5 Å². The lowest BCUT2D eigenvalue weighted by Crippen LogP contribution is -2.18. The fourth-order valence-electron chi connectivity index (χ4n) is 4.14. The number of hydrogen-bond donors (Lipinski definition) is 0. The van der Waals surface area contributed by atoms with Crippen molar-refractivity contribution in [3.8, 4) is 11.1 Å². The van der Waals surface area contributed by atoms with E-state index >= 15 is 0 Å². The van der Waals surface area contributed by atoms with E-state index in [1.165, 1.54) is 22.3 Å². The molecule has 0 saturated carbocycles. The van der Waals surface area contributed by atoms with Crippen molar-refractivity contribution in [2.24, 2.45) is 0 Å². The molecule has 0 aromatic heterocycles. The molecular formula is C24H26OP+. The van der Waals surface area contributed by atoms with E-state index in [9.17, 15) is 4.57 Å². The number of hydrogen-bond acceptors (Lipinski definition) is 1. The minimum Gasteiger partial charge on any atom is -0.0622 e. The first kappa shape index (κ1) is 18.5. The molecule has 0 saturated heterocycles. The van der Waals surface area contributed by atoms with Crippen molar-refractivity contribution >= 4 is 18.4 Å². The summed E-state index contributed by atoms with van der Waals surface area (Å²) < 4.78 is 13.7. The second kappa shape index (κ2) is 7.17. The third-order valence-electron chi connectivity index (χ3n) is 5.04. The van der Waals surface area contributed by atoms with Crippen LogP contribution in [0.2, 0.25) is 0 Å². The van der Waals surface area contributed by atoms with Gasteiger partial charge < -0.3 is 0 Å². The van der Waals surface area contributed by atoms with Gasteiger partial charge in [0.15, 0.2) is 0 Å². The first-order valence-corrected chi connectivity index (χ1v) is 10.3. The zero-order valence-corrected chi connectivity index (χ0v) is 17.4. The van der Waals surface area contributed by atoms with Crippen LogP contribution in [0.3, 0.4) is 0 Å². The topological polar surface area (TPSA) is 17.1 Å². The van der Waals surface area contributed by atoms with Crippen molar-refractivity contribution in [2.75, 3.05) is 0 Å². The smallest absolute Gasteiger partial charge is 0.0622 e. The van der Waals surface area contributed by atoms with Crippen LogP contribution in [0.5, 0.6) is 0 Å². The molecule has 2 heteroatoms. The fourth-order valence-corrected chi connectivity index (χ4v) is 5.94. The summed E-state index contributed by atoms with van der Waals surface area (Å²) in [5.74, 6) is 0. The second-order valence-corrected chi connectivity index (χ2v) is 8.75. The first-order chi connectivity index (χ1) is 12.3. The van der Waals surface area contributed by atoms with Gasteiger partial charge in [0.05, 0.1) is 0 Å². The van der Waals surface area contributed by atoms with E-state index in [2.05, 4.69) is 84.0 Å². The van der Waals surface area contributed by atoms with E-state index in [0.717, 1.165) is 32.9 Å². The molecule has 0 aliphatic heterocycles. The molecule has 0 aliphatic carbocycles. The Hall–Kier alpha value is -2.24. The molecule has 0 N–H and O–H groups in total. The minimum absolute atomic E-state index is 0.986. The lowest BCUT2D eigenvalue weighted by atomic mass is 9.94. The van der Waals surface area contributed by atoms with Crippen LogP contribution in [-0.4, -0.2) is 0 Å². The van der Waals surface area contributed by atoms with Crippen LogP contribution >= 0.6 is 7.80 Å². The van der Waals surface area contributed by atoms with Crippen molar-refractivity contribution in [3.05, 3.63) is 81.9 Å². The second-order valence-electron chi connectivity index (χ2n) is 7.27. The Morgan fingerprint density at radius 2 is 1.19 bits per heavy atom. The van der Waals surface area contributed by atoms with Gasteiger partial charge in [-0.1, -0.05) is 58.7 Å². The van der Waals surface area contributed by atoms with Gasteiger partial charge in [-0.25, -0.2) is 0 Å². The SMILES string of the molecule is Cc1cc(C)c([P+](=O)c2c(C)cc(C)c(-c3ccccc3)c2C)c(C)c1. The number of rotatable bonds is 3. The Morgan fingerprint density at radius 3 is 1.77 bits per heavy atom. The largest absolute Gasteiger partial charge is 0.416 e. The van der Waals surface area contributed by atoms with E-state index in [1.54, 1.807) is 0 Å². The van der Waals surface area contributed by atoms with Crippen molar-refractivity contribution in [1.82, 2.24) is 0 Å². The van der Waals surface area contributed by atoms with Crippen molar-refractivity contribution in [3.63, 3.8) is 0 Å². The molecule has 3 aromatic rings. The molecule has 0 amide bonds. The van der Waals surface area contributed by atoms with Crippen LogP contribution in [0.15, 0.2) is 48.5 Å². The van der Waals surface area contributed by atoms with Crippen LogP contribution < -0.4 is 10.6 Å². The summed E-state index contributed by atoms with van der Waals surface area (Å²) in [7, 11) is -1.64. The molecule has 0 spiro atoms. The van der Waals surface area contributed by atoms with E-state index in [0.29, 0.717) is 0 Å². The third-order valence-corrected chi connectivity index (χ3v) is 7.24. The molecule has 1 nitrogen and oxygen atoms in total. The van der Waals surface area contributed by atoms with Gasteiger partial charge in [-0.2, -0.15) is 0 Å². The summed E-state index contributed by atoms with van der Waals surface area (Å²) in [5, 5.41) is 1.97. The van der Waals surface area contributed by atoms with Gasteiger partial charge in [0.25, 0.3) is 0 Å². The average molecular weight is 361 g/mol. The Morgan fingerprint density at radius 1 is 0.654 bits per heavy atom. The summed E-state index contributed by atoms with van der Waals surface area (Å²) in [6, 6.07) is 16.8. The van der Waals surface area contributed by atoms with Crippen LogP contribution in [-0.2, 0) is 4.57 Å². The van der Waals surface area contributed by atoms with E-state index < -0.39 is 7.80 Å². The van der Waals surface area contributed by atoms with Crippen molar-refractivity contribution < 1.29 is 4.57 Å². The average Bonchev–Trinajstić information content (AvgIpc) is 2.54. The molecule has 0 fully saturated rings. The fraction of sp³-hybridized carbons (Fsp3) is 0.250. The predicted octanol–water partition coefficient (Wildman–Crippen LogP) is 5.98. The highest BCUT2D eigenvalue weighted by molar-refractivity contribution is 7.62. The maximum atomic E-state index is 13.7.